The number of hydrogen-bond donors (Lipinski definition) is 2. The van der Waals surface area contributed by atoms with Crippen molar-refractivity contribution in [2.24, 2.45) is 0 Å². The van der Waals surface area contributed by atoms with Gasteiger partial charge in [-0.1, -0.05) is 0 Å². The highest BCUT2D eigenvalue weighted by Gasteiger charge is 2.20. The average Bonchev–Trinajstić information content (AvgIpc) is 2.67. The van der Waals surface area contributed by atoms with Crippen LogP contribution >= 0.6 is 11.3 Å². The van der Waals surface area contributed by atoms with E-state index in [2.05, 4.69) is 10.3 Å². The molecule has 0 radical (unpaired) electrons. The number of rotatable bonds is 3. The summed E-state index contributed by atoms with van der Waals surface area (Å²) in [5.41, 5.74) is 0.848. The second-order valence-corrected chi connectivity index (χ2v) is 5.67. The Balaban J connectivity index is 1.77. The summed E-state index contributed by atoms with van der Waals surface area (Å²) in [6.07, 6.45) is 3.53. The first kappa shape index (κ1) is 12.5. The van der Waals surface area contributed by atoms with Crippen molar-refractivity contribution in [2.45, 2.75) is 51.2 Å². The van der Waals surface area contributed by atoms with E-state index in [1.165, 1.54) is 0 Å². The van der Waals surface area contributed by atoms with Crippen molar-refractivity contribution in [1.82, 2.24) is 10.3 Å². The van der Waals surface area contributed by atoms with Crippen LogP contribution in [-0.2, 0) is 11.2 Å². The predicted octanol–water partition coefficient (Wildman–Crippen LogP) is 1.41. The molecule has 1 aromatic heterocycles. The summed E-state index contributed by atoms with van der Waals surface area (Å²) in [6, 6.07) is 0.227. The normalized spacial score (nSPS) is 24.6. The molecule has 94 valence electrons. The molecule has 1 heterocycles. The molecule has 1 amide bonds. The van der Waals surface area contributed by atoms with Gasteiger partial charge >= 0.3 is 0 Å². The fourth-order valence-electron chi connectivity index (χ4n) is 2.15. The smallest absolute Gasteiger partial charge is 0.226 e. The minimum Gasteiger partial charge on any atom is -0.393 e. The molecule has 0 bridgehead atoms. The highest BCUT2D eigenvalue weighted by molar-refractivity contribution is 7.09. The zero-order chi connectivity index (χ0) is 12.3. The number of carbonyl (C=O) groups excluding carboxylic acids is 1. The standard InChI is InChI=1S/C12H18N2O2S/c1-8-13-10(7-17-8)6-12(16)14-9-2-4-11(15)5-3-9/h7,9,11,15H,2-6H2,1H3,(H,14,16). The summed E-state index contributed by atoms with van der Waals surface area (Å²) in [7, 11) is 0. The molecule has 17 heavy (non-hydrogen) atoms. The van der Waals surface area contributed by atoms with Crippen molar-refractivity contribution < 1.29 is 9.90 Å². The molecule has 1 aliphatic rings. The molecule has 5 heteroatoms. The number of aryl methyl sites for hydroxylation is 1. The van der Waals surface area contributed by atoms with Crippen molar-refractivity contribution in [3.05, 3.63) is 16.1 Å². The van der Waals surface area contributed by atoms with Gasteiger partial charge in [-0.15, -0.1) is 11.3 Å². The summed E-state index contributed by atoms with van der Waals surface area (Å²) in [5, 5.41) is 15.3. The molecular weight excluding hydrogens is 236 g/mol. The van der Waals surface area contributed by atoms with E-state index in [9.17, 15) is 9.90 Å². The van der Waals surface area contributed by atoms with E-state index in [1.807, 2.05) is 12.3 Å². The van der Waals surface area contributed by atoms with Gasteiger partial charge < -0.3 is 10.4 Å². The minimum atomic E-state index is -0.177. The number of amides is 1. The number of hydrogen-bond acceptors (Lipinski definition) is 4. The second kappa shape index (κ2) is 5.60. The third-order valence-corrected chi connectivity index (χ3v) is 3.89. The Morgan fingerprint density at radius 3 is 2.82 bits per heavy atom. The average molecular weight is 254 g/mol. The minimum absolute atomic E-state index is 0.0386. The van der Waals surface area contributed by atoms with Crippen LogP contribution in [0.2, 0.25) is 0 Å². The lowest BCUT2D eigenvalue weighted by Crippen LogP contribution is -2.39. The Hall–Kier alpha value is -0.940. The predicted molar refractivity (Wildman–Crippen MR) is 67.0 cm³/mol. The maximum absolute atomic E-state index is 11.8. The Bertz CT molecular complexity index is 384. The lowest BCUT2D eigenvalue weighted by atomic mass is 9.93. The highest BCUT2D eigenvalue weighted by atomic mass is 32.1. The number of aliphatic hydroxyl groups is 1. The zero-order valence-corrected chi connectivity index (χ0v) is 10.8. The first-order valence-corrected chi connectivity index (χ1v) is 6.90. The number of thiazole rings is 1. The van der Waals surface area contributed by atoms with Crippen LogP contribution < -0.4 is 5.32 Å². The van der Waals surface area contributed by atoms with E-state index in [0.717, 1.165) is 36.4 Å². The van der Waals surface area contributed by atoms with Crippen LogP contribution in [0.25, 0.3) is 0 Å². The SMILES string of the molecule is Cc1nc(CC(=O)NC2CCC(O)CC2)cs1. The van der Waals surface area contributed by atoms with Crippen molar-refractivity contribution >= 4 is 17.2 Å². The molecular formula is C12H18N2O2S. The van der Waals surface area contributed by atoms with E-state index >= 15 is 0 Å². The van der Waals surface area contributed by atoms with Gasteiger partial charge in [0.1, 0.15) is 0 Å². The second-order valence-electron chi connectivity index (χ2n) is 4.61. The zero-order valence-electron chi connectivity index (χ0n) is 9.98. The summed E-state index contributed by atoms with van der Waals surface area (Å²) < 4.78 is 0. The molecule has 0 unspecified atom stereocenters. The van der Waals surface area contributed by atoms with Gasteiger partial charge in [-0.05, 0) is 32.6 Å². The molecule has 0 spiro atoms. The van der Waals surface area contributed by atoms with Crippen LogP contribution in [0.5, 0.6) is 0 Å². The van der Waals surface area contributed by atoms with E-state index in [0.29, 0.717) is 6.42 Å². The summed E-state index contributed by atoms with van der Waals surface area (Å²) >= 11 is 1.57. The Kier molecular flexibility index (Phi) is 4.12. The molecule has 2 N–H and O–H groups in total. The molecule has 0 saturated heterocycles. The largest absolute Gasteiger partial charge is 0.393 e. The molecule has 0 aliphatic heterocycles. The van der Waals surface area contributed by atoms with E-state index < -0.39 is 0 Å². The van der Waals surface area contributed by atoms with Gasteiger partial charge in [0.05, 0.1) is 23.2 Å². The fraction of sp³-hybridized carbons (Fsp3) is 0.667. The van der Waals surface area contributed by atoms with Crippen LogP contribution in [0.15, 0.2) is 5.38 Å². The molecule has 1 aromatic rings. The first-order valence-electron chi connectivity index (χ1n) is 6.02. The Morgan fingerprint density at radius 2 is 2.24 bits per heavy atom. The lowest BCUT2D eigenvalue weighted by molar-refractivity contribution is -0.121. The Labute approximate surface area is 105 Å². The summed E-state index contributed by atoms with van der Waals surface area (Å²) in [5.74, 6) is 0.0386. The van der Waals surface area contributed by atoms with Crippen LogP contribution in [-0.4, -0.2) is 28.1 Å². The number of carbonyl (C=O) groups is 1. The summed E-state index contributed by atoms with van der Waals surface area (Å²) in [4.78, 5) is 16.0. The molecule has 1 fully saturated rings. The van der Waals surface area contributed by atoms with Crippen molar-refractivity contribution in [3.63, 3.8) is 0 Å². The van der Waals surface area contributed by atoms with Gasteiger partial charge in [-0.25, -0.2) is 4.98 Å². The van der Waals surface area contributed by atoms with Crippen LogP contribution in [0, 0.1) is 6.92 Å². The van der Waals surface area contributed by atoms with Gasteiger partial charge in [-0.3, -0.25) is 4.79 Å². The van der Waals surface area contributed by atoms with Gasteiger partial charge in [-0.2, -0.15) is 0 Å². The topological polar surface area (TPSA) is 62.2 Å². The molecule has 1 aliphatic carbocycles. The molecule has 0 aromatic carbocycles. The fourth-order valence-corrected chi connectivity index (χ4v) is 2.77. The van der Waals surface area contributed by atoms with Crippen molar-refractivity contribution in [2.75, 3.05) is 0 Å². The third-order valence-electron chi connectivity index (χ3n) is 3.07. The maximum atomic E-state index is 11.8. The van der Waals surface area contributed by atoms with Crippen LogP contribution in [0.4, 0.5) is 0 Å². The number of aromatic nitrogens is 1. The molecule has 0 atom stereocenters. The van der Waals surface area contributed by atoms with Gasteiger partial charge in [0.2, 0.25) is 5.91 Å². The quantitative estimate of drug-likeness (QED) is 0.857. The third kappa shape index (κ3) is 3.78. The monoisotopic (exact) mass is 254 g/mol. The maximum Gasteiger partial charge on any atom is 0.226 e. The van der Waals surface area contributed by atoms with Crippen molar-refractivity contribution in [3.8, 4) is 0 Å². The van der Waals surface area contributed by atoms with Crippen LogP contribution in [0.3, 0.4) is 0 Å². The highest BCUT2D eigenvalue weighted by Crippen LogP contribution is 2.18. The van der Waals surface area contributed by atoms with Gasteiger partial charge in [0, 0.05) is 11.4 Å². The van der Waals surface area contributed by atoms with E-state index in [1.54, 1.807) is 11.3 Å². The number of nitrogens with zero attached hydrogens (tertiary/aromatic N) is 1. The van der Waals surface area contributed by atoms with Crippen LogP contribution in [0.1, 0.15) is 36.4 Å². The molecule has 4 nitrogen and oxygen atoms in total. The number of aliphatic hydroxyl groups excluding tert-OH is 1. The van der Waals surface area contributed by atoms with Gasteiger partial charge in [0.25, 0.3) is 0 Å². The summed E-state index contributed by atoms with van der Waals surface area (Å²) in [6.45, 7) is 1.94. The number of nitrogens with one attached hydrogen (secondary N) is 1. The molecule has 1 saturated carbocycles. The van der Waals surface area contributed by atoms with Gasteiger partial charge in [0.15, 0.2) is 0 Å². The first-order chi connectivity index (χ1) is 8.13. The van der Waals surface area contributed by atoms with E-state index in [4.69, 9.17) is 0 Å². The van der Waals surface area contributed by atoms with Crippen molar-refractivity contribution in [1.29, 1.82) is 0 Å². The lowest BCUT2D eigenvalue weighted by Gasteiger charge is -2.26. The van der Waals surface area contributed by atoms with E-state index in [-0.39, 0.29) is 18.1 Å². The Morgan fingerprint density at radius 1 is 1.53 bits per heavy atom. The molecule has 2 rings (SSSR count).